The number of likely N-dealkylation sites (tertiary alicyclic amines) is 1. The predicted octanol–water partition coefficient (Wildman–Crippen LogP) is 4.11. The van der Waals surface area contributed by atoms with Crippen molar-refractivity contribution in [2.45, 2.75) is 52.0 Å². The SMILES string of the molecule is CC1(C)CCCN(C(C)(CN)Cc2ccc(Cl)cc2)CC1. The number of rotatable bonds is 4. The fraction of sp³-hybridized carbons (Fsp3) is 0.667. The topological polar surface area (TPSA) is 29.3 Å². The molecule has 3 heteroatoms. The first kappa shape index (κ1) is 16.8. The zero-order valence-electron chi connectivity index (χ0n) is 13.7. The molecule has 1 aliphatic rings. The Hall–Kier alpha value is -0.570. The van der Waals surface area contributed by atoms with Crippen molar-refractivity contribution >= 4 is 11.6 Å². The van der Waals surface area contributed by atoms with Crippen LogP contribution < -0.4 is 5.73 Å². The first-order valence-corrected chi connectivity index (χ1v) is 8.42. The van der Waals surface area contributed by atoms with Crippen LogP contribution >= 0.6 is 11.6 Å². The fourth-order valence-electron chi connectivity index (χ4n) is 3.32. The highest BCUT2D eigenvalue weighted by Crippen LogP contribution is 2.33. The minimum absolute atomic E-state index is 0.0360. The van der Waals surface area contributed by atoms with E-state index in [9.17, 15) is 0 Å². The first-order chi connectivity index (χ1) is 9.85. The van der Waals surface area contributed by atoms with Gasteiger partial charge in [0.2, 0.25) is 0 Å². The molecule has 1 unspecified atom stereocenters. The molecule has 0 amide bonds. The summed E-state index contributed by atoms with van der Waals surface area (Å²) in [4.78, 5) is 2.61. The largest absolute Gasteiger partial charge is 0.329 e. The van der Waals surface area contributed by atoms with Gasteiger partial charge in [0.15, 0.2) is 0 Å². The van der Waals surface area contributed by atoms with Gasteiger partial charge in [-0.1, -0.05) is 37.6 Å². The van der Waals surface area contributed by atoms with Crippen molar-refractivity contribution in [1.82, 2.24) is 4.90 Å². The average molecular weight is 309 g/mol. The maximum Gasteiger partial charge on any atom is 0.0406 e. The van der Waals surface area contributed by atoms with Gasteiger partial charge in [-0.25, -0.2) is 0 Å². The van der Waals surface area contributed by atoms with Crippen molar-refractivity contribution in [3.8, 4) is 0 Å². The van der Waals surface area contributed by atoms with Crippen molar-refractivity contribution in [1.29, 1.82) is 0 Å². The third-order valence-electron chi connectivity index (χ3n) is 5.04. The molecule has 1 atom stereocenters. The van der Waals surface area contributed by atoms with Gasteiger partial charge in [-0.2, -0.15) is 0 Å². The minimum Gasteiger partial charge on any atom is -0.329 e. The van der Waals surface area contributed by atoms with Gasteiger partial charge in [-0.05, 0) is 68.8 Å². The van der Waals surface area contributed by atoms with Crippen molar-refractivity contribution in [3.05, 3.63) is 34.9 Å². The second kappa shape index (κ2) is 6.68. The Bertz CT molecular complexity index is 455. The Morgan fingerprint density at radius 1 is 1.19 bits per heavy atom. The van der Waals surface area contributed by atoms with Crippen LogP contribution in [-0.4, -0.2) is 30.1 Å². The lowest BCUT2D eigenvalue weighted by Crippen LogP contribution is -2.53. The maximum atomic E-state index is 6.17. The van der Waals surface area contributed by atoms with Crippen LogP contribution in [0.4, 0.5) is 0 Å². The van der Waals surface area contributed by atoms with Crippen molar-refractivity contribution < 1.29 is 0 Å². The van der Waals surface area contributed by atoms with Gasteiger partial charge in [0.05, 0.1) is 0 Å². The second-order valence-electron chi connectivity index (χ2n) is 7.51. The van der Waals surface area contributed by atoms with E-state index in [1.807, 2.05) is 12.1 Å². The number of hydrogen-bond acceptors (Lipinski definition) is 2. The van der Waals surface area contributed by atoms with Crippen LogP contribution in [0.3, 0.4) is 0 Å². The third-order valence-corrected chi connectivity index (χ3v) is 5.29. The van der Waals surface area contributed by atoms with E-state index in [-0.39, 0.29) is 5.54 Å². The van der Waals surface area contributed by atoms with E-state index in [1.54, 1.807) is 0 Å². The van der Waals surface area contributed by atoms with Gasteiger partial charge in [0, 0.05) is 17.1 Å². The molecule has 0 saturated carbocycles. The summed E-state index contributed by atoms with van der Waals surface area (Å²) in [5, 5.41) is 0.796. The van der Waals surface area contributed by atoms with Crippen molar-refractivity contribution in [2.75, 3.05) is 19.6 Å². The molecule has 1 heterocycles. The molecule has 1 saturated heterocycles. The molecule has 118 valence electrons. The van der Waals surface area contributed by atoms with Gasteiger partial charge in [0.25, 0.3) is 0 Å². The lowest BCUT2D eigenvalue weighted by Gasteiger charge is -2.41. The van der Waals surface area contributed by atoms with Crippen LogP contribution in [0.15, 0.2) is 24.3 Å². The summed E-state index contributed by atoms with van der Waals surface area (Å²) in [7, 11) is 0. The highest BCUT2D eigenvalue weighted by Gasteiger charge is 2.34. The van der Waals surface area contributed by atoms with Crippen LogP contribution in [-0.2, 0) is 6.42 Å². The Balaban J connectivity index is 2.10. The van der Waals surface area contributed by atoms with Gasteiger partial charge >= 0.3 is 0 Å². The van der Waals surface area contributed by atoms with E-state index in [4.69, 9.17) is 17.3 Å². The van der Waals surface area contributed by atoms with Crippen molar-refractivity contribution in [2.24, 2.45) is 11.1 Å². The summed E-state index contributed by atoms with van der Waals surface area (Å²) in [5.74, 6) is 0. The lowest BCUT2D eigenvalue weighted by molar-refractivity contribution is 0.110. The summed E-state index contributed by atoms with van der Waals surface area (Å²) < 4.78 is 0. The standard InChI is InChI=1S/C18H29ClN2/c1-17(2)9-4-11-21(12-10-17)18(3,14-20)13-15-5-7-16(19)8-6-15/h5-8H,4,9-14,20H2,1-3H3. The molecule has 21 heavy (non-hydrogen) atoms. The van der Waals surface area contributed by atoms with Crippen molar-refractivity contribution in [3.63, 3.8) is 0 Å². The van der Waals surface area contributed by atoms with Gasteiger partial charge in [-0.3, -0.25) is 4.90 Å². The monoisotopic (exact) mass is 308 g/mol. The molecule has 0 aliphatic carbocycles. The molecule has 0 spiro atoms. The summed E-state index contributed by atoms with van der Waals surface area (Å²) in [6.45, 7) is 10.1. The Labute approximate surface area is 134 Å². The van der Waals surface area contributed by atoms with Gasteiger partial charge in [0.1, 0.15) is 0 Å². The quantitative estimate of drug-likeness (QED) is 0.907. The Kier molecular flexibility index (Phi) is 5.34. The normalized spacial score (nSPS) is 22.5. The van der Waals surface area contributed by atoms with E-state index >= 15 is 0 Å². The highest BCUT2D eigenvalue weighted by molar-refractivity contribution is 6.30. The molecule has 1 aliphatic heterocycles. The highest BCUT2D eigenvalue weighted by atomic mass is 35.5. The molecule has 1 aromatic carbocycles. The summed E-state index contributed by atoms with van der Waals surface area (Å²) >= 11 is 5.98. The molecular formula is C18H29ClN2. The van der Waals surface area contributed by atoms with E-state index in [2.05, 4.69) is 37.8 Å². The van der Waals surface area contributed by atoms with Crippen LogP contribution in [0.25, 0.3) is 0 Å². The predicted molar refractivity (Wildman–Crippen MR) is 91.8 cm³/mol. The second-order valence-corrected chi connectivity index (χ2v) is 7.95. The third kappa shape index (κ3) is 4.45. The molecule has 0 aromatic heterocycles. The zero-order chi connectivity index (χ0) is 15.5. The molecule has 2 nitrogen and oxygen atoms in total. The average Bonchev–Trinajstić information content (AvgIpc) is 2.62. The molecule has 0 radical (unpaired) electrons. The molecule has 1 aromatic rings. The lowest BCUT2D eigenvalue weighted by atomic mass is 9.85. The van der Waals surface area contributed by atoms with Gasteiger partial charge < -0.3 is 5.73 Å². The fourth-order valence-corrected chi connectivity index (χ4v) is 3.44. The van der Waals surface area contributed by atoms with E-state index in [0.717, 1.165) is 24.5 Å². The van der Waals surface area contributed by atoms with Crippen LogP contribution in [0, 0.1) is 5.41 Å². The summed E-state index contributed by atoms with van der Waals surface area (Å²) in [6, 6.07) is 8.19. The number of hydrogen-bond donors (Lipinski definition) is 1. The molecule has 2 rings (SSSR count). The Morgan fingerprint density at radius 3 is 2.48 bits per heavy atom. The van der Waals surface area contributed by atoms with E-state index in [1.165, 1.54) is 24.8 Å². The zero-order valence-corrected chi connectivity index (χ0v) is 14.4. The molecule has 2 N–H and O–H groups in total. The van der Waals surface area contributed by atoms with E-state index in [0.29, 0.717) is 12.0 Å². The van der Waals surface area contributed by atoms with Gasteiger partial charge in [-0.15, -0.1) is 0 Å². The smallest absolute Gasteiger partial charge is 0.0406 e. The summed E-state index contributed by atoms with van der Waals surface area (Å²) in [6.07, 6.45) is 4.82. The van der Waals surface area contributed by atoms with Crippen LogP contribution in [0.5, 0.6) is 0 Å². The molecule has 1 fully saturated rings. The number of benzene rings is 1. The number of halogens is 1. The minimum atomic E-state index is 0.0360. The first-order valence-electron chi connectivity index (χ1n) is 8.04. The number of nitrogens with zero attached hydrogens (tertiary/aromatic N) is 1. The molecular weight excluding hydrogens is 280 g/mol. The Morgan fingerprint density at radius 2 is 1.86 bits per heavy atom. The van der Waals surface area contributed by atoms with Crippen LogP contribution in [0.2, 0.25) is 5.02 Å². The van der Waals surface area contributed by atoms with E-state index < -0.39 is 0 Å². The summed E-state index contributed by atoms with van der Waals surface area (Å²) in [5.41, 5.74) is 7.98. The maximum absolute atomic E-state index is 6.17. The number of nitrogens with two attached hydrogens (primary N) is 1. The molecule has 0 bridgehead atoms. The van der Waals surface area contributed by atoms with Crippen LogP contribution in [0.1, 0.15) is 45.6 Å².